The molecule has 1 saturated heterocycles. The molecule has 0 N–H and O–H groups in total. The highest BCUT2D eigenvalue weighted by Gasteiger charge is 2.32. The van der Waals surface area contributed by atoms with Gasteiger partial charge in [0.25, 0.3) is 5.19 Å². The number of hydrogen-bond acceptors (Lipinski definition) is 4. The van der Waals surface area contributed by atoms with Crippen molar-refractivity contribution in [2.75, 3.05) is 13.1 Å². The van der Waals surface area contributed by atoms with Gasteiger partial charge in [0.1, 0.15) is 6.10 Å². The lowest BCUT2D eigenvalue weighted by Crippen LogP contribution is -2.34. The van der Waals surface area contributed by atoms with Crippen molar-refractivity contribution in [1.82, 2.24) is 9.88 Å². The molecular formula is C17H20N2O2S. The Labute approximate surface area is 134 Å². The maximum atomic E-state index is 12.8. The zero-order valence-electron chi connectivity index (χ0n) is 12.6. The molecule has 0 bridgehead atoms. The van der Waals surface area contributed by atoms with Crippen molar-refractivity contribution in [1.29, 1.82) is 0 Å². The van der Waals surface area contributed by atoms with Gasteiger partial charge >= 0.3 is 0 Å². The van der Waals surface area contributed by atoms with Crippen LogP contribution in [-0.2, 0) is 4.79 Å². The van der Waals surface area contributed by atoms with E-state index >= 15 is 0 Å². The molecule has 2 heterocycles. The van der Waals surface area contributed by atoms with Gasteiger partial charge in [-0.3, -0.25) is 4.79 Å². The fraction of sp³-hybridized carbons (Fsp3) is 0.412. The standard InChI is InChI=1S/C17H20N2O2S/c1-2-15(13-6-4-3-5-7-13)16(20)19-10-8-14(12-19)21-17-18-9-11-22-17/h3-7,9,11,14-15H,2,8,10,12H2,1H3/t14-,15-/m0/s1. The second-order valence-electron chi connectivity index (χ2n) is 5.48. The number of benzene rings is 1. The van der Waals surface area contributed by atoms with Gasteiger partial charge in [-0.05, 0) is 12.0 Å². The minimum atomic E-state index is -0.0557. The van der Waals surface area contributed by atoms with Crippen molar-refractivity contribution in [3.63, 3.8) is 0 Å². The number of ether oxygens (including phenoxy) is 1. The molecule has 0 spiro atoms. The highest BCUT2D eigenvalue weighted by molar-refractivity contribution is 7.11. The molecule has 0 unspecified atom stereocenters. The lowest BCUT2D eigenvalue weighted by Gasteiger charge is -2.23. The van der Waals surface area contributed by atoms with E-state index < -0.39 is 0 Å². The first kappa shape index (κ1) is 15.0. The molecule has 1 aromatic carbocycles. The van der Waals surface area contributed by atoms with Gasteiger partial charge in [-0.2, -0.15) is 0 Å². The molecule has 1 aliphatic rings. The minimum absolute atomic E-state index is 0.0557. The van der Waals surface area contributed by atoms with E-state index in [2.05, 4.69) is 11.9 Å². The lowest BCUT2D eigenvalue weighted by atomic mass is 9.95. The maximum Gasteiger partial charge on any atom is 0.273 e. The first-order valence-electron chi connectivity index (χ1n) is 7.67. The Morgan fingerprint density at radius 2 is 2.27 bits per heavy atom. The number of rotatable bonds is 5. The molecule has 116 valence electrons. The van der Waals surface area contributed by atoms with Crippen molar-refractivity contribution < 1.29 is 9.53 Å². The predicted molar refractivity (Wildman–Crippen MR) is 87.2 cm³/mol. The van der Waals surface area contributed by atoms with Crippen LogP contribution >= 0.6 is 11.3 Å². The van der Waals surface area contributed by atoms with Crippen LogP contribution in [0.15, 0.2) is 41.9 Å². The summed E-state index contributed by atoms with van der Waals surface area (Å²) in [6.45, 7) is 3.48. The van der Waals surface area contributed by atoms with Crippen molar-refractivity contribution >= 4 is 17.2 Å². The number of likely N-dealkylation sites (tertiary alicyclic amines) is 1. The Hall–Kier alpha value is -1.88. The molecule has 1 fully saturated rings. The molecule has 0 aliphatic carbocycles. The van der Waals surface area contributed by atoms with Crippen LogP contribution < -0.4 is 4.74 Å². The Bertz CT molecular complexity index is 600. The summed E-state index contributed by atoms with van der Waals surface area (Å²) in [5.41, 5.74) is 1.10. The van der Waals surface area contributed by atoms with Crippen molar-refractivity contribution in [3.8, 4) is 5.19 Å². The molecule has 4 nitrogen and oxygen atoms in total. The molecule has 2 aromatic rings. The molecule has 1 amide bonds. The van der Waals surface area contributed by atoms with E-state index in [0.29, 0.717) is 11.7 Å². The third-order valence-electron chi connectivity index (χ3n) is 4.04. The van der Waals surface area contributed by atoms with Gasteiger partial charge in [0.15, 0.2) is 0 Å². The zero-order chi connectivity index (χ0) is 15.4. The molecular weight excluding hydrogens is 296 g/mol. The van der Waals surface area contributed by atoms with Gasteiger partial charge in [0, 0.05) is 24.5 Å². The largest absolute Gasteiger partial charge is 0.465 e. The Kier molecular flexibility index (Phi) is 4.73. The minimum Gasteiger partial charge on any atom is -0.465 e. The molecule has 1 aliphatic heterocycles. The first-order valence-corrected chi connectivity index (χ1v) is 8.55. The van der Waals surface area contributed by atoms with E-state index in [1.807, 2.05) is 40.6 Å². The topological polar surface area (TPSA) is 42.4 Å². The molecule has 22 heavy (non-hydrogen) atoms. The normalized spacial score (nSPS) is 19.1. The predicted octanol–water partition coefficient (Wildman–Crippen LogP) is 3.32. The number of carbonyl (C=O) groups excluding carboxylic acids is 1. The average molecular weight is 316 g/mol. The highest BCUT2D eigenvalue weighted by atomic mass is 32.1. The van der Waals surface area contributed by atoms with Crippen LogP contribution in [0.3, 0.4) is 0 Å². The third-order valence-corrected chi connectivity index (χ3v) is 4.70. The monoisotopic (exact) mass is 316 g/mol. The molecule has 2 atom stereocenters. The van der Waals surface area contributed by atoms with E-state index in [9.17, 15) is 4.79 Å². The first-order chi connectivity index (χ1) is 10.8. The van der Waals surface area contributed by atoms with Crippen LogP contribution in [0.25, 0.3) is 0 Å². The summed E-state index contributed by atoms with van der Waals surface area (Å²) < 4.78 is 5.83. The average Bonchev–Trinajstić information content (AvgIpc) is 3.21. The van der Waals surface area contributed by atoms with Crippen LogP contribution in [0.4, 0.5) is 0 Å². The summed E-state index contributed by atoms with van der Waals surface area (Å²) in [6.07, 6.45) is 3.48. The Balaban J connectivity index is 1.63. The fourth-order valence-electron chi connectivity index (χ4n) is 2.89. The van der Waals surface area contributed by atoms with Crippen LogP contribution in [-0.4, -0.2) is 35.0 Å². The Morgan fingerprint density at radius 1 is 1.45 bits per heavy atom. The van der Waals surface area contributed by atoms with E-state index in [0.717, 1.165) is 24.9 Å². The summed E-state index contributed by atoms with van der Waals surface area (Å²) in [5.74, 6) is 0.152. The van der Waals surface area contributed by atoms with E-state index in [4.69, 9.17) is 4.74 Å². The number of aromatic nitrogens is 1. The highest BCUT2D eigenvalue weighted by Crippen LogP contribution is 2.26. The summed E-state index contributed by atoms with van der Waals surface area (Å²) >= 11 is 1.49. The van der Waals surface area contributed by atoms with Gasteiger partial charge in [0.05, 0.1) is 12.5 Å². The molecule has 0 radical (unpaired) electrons. The third kappa shape index (κ3) is 3.30. The van der Waals surface area contributed by atoms with Gasteiger partial charge < -0.3 is 9.64 Å². The van der Waals surface area contributed by atoms with E-state index in [1.165, 1.54) is 11.3 Å². The zero-order valence-corrected chi connectivity index (χ0v) is 13.5. The molecule has 0 saturated carbocycles. The molecule has 3 rings (SSSR count). The molecule has 1 aromatic heterocycles. The van der Waals surface area contributed by atoms with Gasteiger partial charge in [-0.25, -0.2) is 4.98 Å². The van der Waals surface area contributed by atoms with Crippen LogP contribution in [0.5, 0.6) is 5.19 Å². The van der Waals surface area contributed by atoms with Crippen molar-refractivity contribution in [2.45, 2.75) is 31.8 Å². The van der Waals surface area contributed by atoms with Crippen LogP contribution in [0, 0.1) is 0 Å². The maximum absolute atomic E-state index is 12.8. The van der Waals surface area contributed by atoms with Crippen molar-refractivity contribution in [3.05, 3.63) is 47.5 Å². The quantitative estimate of drug-likeness (QED) is 0.850. The van der Waals surface area contributed by atoms with Gasteiger partial charge in [0.2, 0.25) is 5.91 Å². The number of amides is 1. The smallest absolute Gasteiger partial charge is 0.273 e. The van der Waals surface area contributed by atoms with Crippen molar-refractivity contribution in [2.24, 2.45) is 0 Å². The SMILES string of the molecule is CC[C@H](C(=O)N1CC[C@H](Oc2nccs2)C1)c1ccccc1. The van der Waals surface area contributed by atoms with Crippen LogP contribution in [0.1, 0.15) is 31.2 Å². The summed E-state index contributed by atoms with van der Waals surface area (Å²) in [4.78, 5) is 18.9. The lowest BCUT2D eigenvalue weighted by molar-refractivity contribution is -0.132. The van der Waals surface area contributed by atoms with E-state index in [-0.39, 0.29) is 17.9 Å². The summed E-state index contributed by atoms with van der Waals surface area (Å²) in [7, 11) is 0. The van der Waals surface area contributed by atoms with E-state index in [1.54, 1.807) is 6.20 Å². The summed E-state index contributed by atoms with van der Waals surface area (Å²) in [6, 6.07) is 10.0. The number of thiazole rings is 1. The number of hydrogen-bond donors (Lipinski definition) is 0. The second-order valence-corrected chi connectivity index (χ2v) is 6.34. The second kappa shape index (κ2) is 6.92. The van der Waals surface area contributed by atoms with Gasteiger partial charge in [-0.15, -0.1) is 0 Å². The summed E-state index contributed by atoms with van der Waals surface area (Å²) in [5, 5.41) is 2.59. The number of carbonyl (C=O) groups is 1. The fourth-order valence-corrected chi connectivity index (χ4v) is 3.45. The van der Waals surface area contributed by atoms with Gasteiger partial charge in [-0.1, -0.05) is 48.6 Å². The number of nitrogens with zero attached hydrogens (tertiary/aromatic N) is 2. The molecule has 5 heteroatoms. The Morgan fingerprint density at radius 3 is 2.95 bits per heavy atom. The van der Waals surface area contributed by atoms with Crippen LogP contribution in [0.2, 0.25) is 0 Å².